The van der Waals surface area contributed by atoms with Crippen LogP contribution in [0.4, 0.5) is 18.9 Å². The summed E-state index contributed by atoms with van der Waals surface area (Å²) in [7, 11) is 0. The molecular weight excluding hydrogens is 405 g/mol. The van der Waals surface area contributed by atoms with Crippen LogP contribution in [0.3, 0.4) is 0 Å². The molecule has 1 aromatic carbocycles. The maximum absolute atomic E-state index is 14.0. The zero-order valence-corrected chi connectivity index (χ0v) is 17.2. The van der Waals surface area contributed by atoms with Gasteiger partial charge in [-0.2, -0.15) is 18.4 Å². The van der Waals surface area contributed by atoms with E-state index in [1.807, 2.05) is 0 Å². The highest BCUT2D eigenvalue weighted by atomic mass is 19.4. The van der Waals surface area contributed by atoms with Gasteiger partial charge in [-0.25, -0.2) is 0 Å². The fraction of sp³-hybridized carbons (Fsp3) is 0.591. The van der Waals surface area contributed by atoms with E-state index in [-0.39, 0.29) is 12.0 Å². The van der Waals surface area contributed by atoms with E-state index in [4.69, 9.17) is 0 Å². The number of aromatic nitrogens is 2. The summed E-state index contributed by atoms with van der Waals surface area (Å²) in [5.74, 6) is -1.88. The monoisotopic (exact) mass is 430 g/mol. The number of fused-ring (bicyclic) bond motifs is 1. The molecule has 31 heavy (non-hydrogen) atoms. The fourth-order valence-electron chi connectivity index (χ4n) is 5.67. The van der Waals surface area contributed by atoms with E-state index in [2.05, 4.69) is 26.3 Å². The summed E-state index contributed by atoms with van der Waals surface area (Å²) in [6.07, 6.45) is 0.933. The van der Waals surface area contributed by atoms with E-state index in [0.29, 0.717) is 35.4 Å². The highest BCUT2D eigenvalue weighted by Crippen LogP contribution is 2.43. The number of nitriles is 1. The lowest BCUT2D eigenvalue weighted by Gasteiger charge is -2.27. The van der Waals surface area contributed by atoms with Crippen LogP contribution in [0.1, 0.15) is 18.4 Å². The molecule has 0 amide bonds. The molecule has 3 saturated heterocycles. The van der Waals surface area contributed by atoms with Crippen molar-refractivity contribution < 1.29 is 13.2 Å². The average molecular weight is 430 g/mol. The van der Waals surface area contributed by atoms with Gasteiger partial charge in [0.25, 0.3) is 0 Å². The molecule has 1 aromatic heterocycles. The first-order chi connectivity index (χ1) is 14.9. The summed E-state index contributed by atoms with van der Waals surface area (Å²) in [6.45, 7) is 4.42. The lowest BCUT2D eigenvalue weighted by atomic mass is 9.86. The van der Waals surface area contributed by atoms with Crippen molar-refractivity contribution in [1.29, 1.82) is 5.26 Å². The first-order valence-corrected chi connectivity index (χ1v) is 10.8. The van der Waals surface area contributed by atoms with Crippen molar-refractivity contribution in [3.63, 3.8) is 0 Å². The highest BCUT2D eigenvalue weighted by Gasteiger charge is 2.51. The van der Waals surface area contributed by atoms with Gasteiger partial charge in [-0.1, -0.05) is 0 Å². The minimum Gasteiger partial charge on any atom is -0.369 e. The van der Waals surface area contributed by atoms with Crippen molar-refractivity contribution in [3.05, 3.63) is 30.1 Å². The molecule has 2 aromatic rings. The van der Waals surface area contributed by atoms with Crippen LogP contribution in [0, 0.1) is 28.6 Å². The molecule has 0 aliphatic carbocycles. The van der Waals surface area contributed by atoms with Crippen LogP contribution in [-0.2, 0) is 0 Å². The van der Waals surface area contributed by atoms with Crippen LogP contribution in [-0.4, -0.2) is 66.9 Å². The number of alkyl halides is 3. The van der Waals surface area contributed by atoms with Gasteiger partial charge < -0.3 is 15.1 Å². The molecule has 9 heteroatoms. The van der Waals surface area contributed by atoms with Crippen molar-refractivity contribution in [3.8, 4) is 6.07 Å². The van der Waals surface area contributed by atoms with Gasteiger partial charge >= 0.3 is 6.18 Å². The molecule has 6 nitrogen and oxygen atoms in total. The molecule has 0 radical (unpaired) electrons. The first-order valence-electron chi connectivity index (χ1n) is 10.8. The predicted octanol–water partition coefficient (Wildman–Crippen LogP) is 2.80. The zero-order chi connectivity index (χ0) is 21.6. The molecule has 4 heterocycles. The number of rotatable bonds is 3. The summed E-state index contributed by atoms with van der Waals surface area (Å²) in [6, 6.07) is 5.42. The Morgan fingerprint density at radius 3 is 2.68 bits per heavy atom. The molecule has 1 spiro atoms. The number of benzene rings is 1. The number of hydrogen-bond donors (Lipinski definition) is 1. The Labute approximate surface area is 179 Å². The van der Waals surface area contributed by atoms with E-state index >= 15 is 0 Å². The van der Waals surface area contributed by atoms with Crippen LogP contribution in [0.5, 0.6) is 0 Å². The summed E-state index contributed by atoms with van der Waals surface area (Å²) in [5.41, 5.74) is 2.16. The number of hydrogen-bond acceptors (Lipinski definition) is 6. The van der Waals surface area contributed by atoms with Crippen LogP contribution >= 0.6 is 0 Å². The standard InChI is InChI=1S/C22H25F3N6/c23-22(24,25)17-12-31(18-2-1-15(9-26)19-20(18)29-7-6-28-19)11-16(17)10-30-8-4-21(14-30)3-5-27-13-21/h1-2,6-7,16-17,27H,3-5,8,10-14H2/t16-,17?,21?/m0/s1. The first kappa shape index (κ1) is 20.5. The van der Waals surface area contributed by atoms with Crippen LogP contribution < -0.4 is 10.2 Å². The van der Waals surface area contributed by atoms with E-state index in [9.17, 15) is 18.4 Å². The average Bonchev–Trinajstić information content (AvgIpc) is 3.48. The Kier molecular flexibility index (Phi) is 5.02. The maximum atomic E-state index is 14.0. The van der Waals surface area contributed by atoms with Gasteiger partial charge in [-0.05, 0) is 43.5 Å². The minimum absolute atomic E-state index is 0.0910. The predicted molar refractivity (Wildman–Crippen MR) is 110 cm³/mol. The van der Waals surface area contributed by atoms with Gasteiger partial charge in [-0.3, -0.25) is 9.97 Å². The molecule has 3 atom stereocenters. The van der Waals surface area contributed by atoms with E-state index in [1.54, 1.807) is 17.0 Å². The third-order valence-corrected chi connectivity index (χ3v) is 7.27. The van der Waals surface area contributed by atoms with Crippen LogP contribution in [0.2, 0.25) is 0 Å². The SMILES string of the molecule is N#Cc1ccc(N2CC(C(F)(F)F)[C@@H](CN3CCC4(CCNC4)C3)C2)c2nccnc12. The van der Waals surface area contributed by atoms with Crippen molar-refractivity contribution in [2.24, 2.45) is 17.3 Å². The van der Waals surface area contributed by atoms with E-state index in [0.717, 1.165) is 39.0 Å². The second-order valence-corrected chi connectivity index (χ2v) is 9.22. The molecule has 0 bridgehead atoms. The third kappa shape index (κ3) is 3.72. The zero-order valence-electron chi connectivity index (χ0n) is 17.2. The fourth-order valence-corrected chi connectivity index (χ4v) is 5.67. The molecule has 5 rings (SSSR count). The summed E-state index contributed by atoms with van der Waals surface area (Å²) < 4.78 is 41.9. The van der Waals surface area contributed by atoms with Crippen molar-refractivity contribution in [2.75, 3.05) is 50.7 Å². The topological polar surface area (TPSA) is 68.1 Å². The maximum Gasteiger partial charge on any atom is 0.393 e. The molecule has 2 unspecified atom stereocenters. The molecule has 1 N–H and O–H groups in total. The van der Waals surface area contributed by atoms with Gasteiger partial charge in [0.2, 0.25) is 0 Å². The Hall–Kier alpha value is -2.44. The Balaban J connectivity index is 1.40. The van der Waals surface area contributed by atoms with Gasteiger partial charge in [0.1, 0.15) is 17.1 Å². The molecule has 3 fully saturated rings. The Morgan fingerprint density at radius 2 is 1.97 bits per heavy atom. The summed E-state index contributed by atoms with van der Waals surface area (Å²) >= 11 is 0. The molecular formula is C22H25F3N6. The molecule has 164 valence electrons. The van der Waals surface area contributed by atoms with Crippen molar-refractivity contribution >= 4 is 16.7 Å². The molecule has 3 aliphatic rings. The van der Waals surface area contributed by atoms with Gasteiger partial charge in [0, 0.05) is 51.0 Å². The van der Waals surface area contributed by atoms with Crippen LogP contribution in [0.25, 0.3) is 11.0 Å². The van der Waals surface area contributed by atoms with E-state index < -0.39 is 18.0 Å². The van der Waals surface area contributed by atoms with Crippen molar-refractivity contribution in [1.82, 2.24) is 20.2 Å². The number of anilines is 1. The second-order valence-electron chi connectivity index (χ2n) is 9.22. The quantitative estimate of drug-likeness (QED) is 0.808. The Morgan fingerprint density at radius 1 is 1.16 bits per heavy atom. The number of halogens is 3. The normalized spacial score (nSPS) is 29.3. The smallest absolute Gasteiger partial charge is 0.369 e. The van der Waals surface area contributed by atoms with Crippen LogP contribution in [0.15, 0.2) is 24.5 Å². The second kappa shape index (κ2) is 7.61. The lowest BCUT2D eigenvalue weighted by Crippen LogP contribution is -2.38. The lowest BCUT2D eigenvalue weighted by molar-refractivity contribution is -0.180. The Bertz CT molecular complexity index is 1010. The number of nitrogens with one attached hydrogen (secondary N) is 1. The van der Waals surface area contributed by atoms with E-state index in [1.165, 1.54) is 12.4 Å². The third-order valence-electron chi connectivity index (χ3n) is 7.27. The molecule has 0 saturated carbocycles. The summed E-state index contributed by atoms with van der Waals surface area (Å²) in [4.78, 5) is 12.6. The largest absolute Gasteiger partial charge is 0.393 e. The minimum atomic E-state index is -4.25. The number of nitrogens with zero attached hydrogens (tertiary/aromatic N) is 5. The highest BCUT2D eigenvalue weighted by molar-refractivity contribution is 5.92. The summed E-state index contributed by atoms with van der Waals surface area (Å²) in [5, 5.41) is 12.7. The molecule has 3 aliphatic heterocycles. The van der Waals surface area contributed by atoms with Gasteiger partial charge in [-0.15, -0.1) is 0 Å². The van der Waals surface area contributed by atoms with Crippen molar-refractivity contribution in [2.45, 2.75) is 19.0 Å². The number of likely N-dealkylation sites (tertiary alicyclic amines) is 1. The van der Waals surface area contributed by atoms with Gasteiger partial charge in [0.15, 0.2) is 0 Å². The van der Waals surface area contributed by atoms with Gasteiger partial charge in [0.05, 0.1) is 17.2 Å².